The van der Waals surface area contributed by atoms with Crippen LogP contribution in [0.3, 0.4) is 0 Å². The van der Waals surface area contributed by atoms with Gasteiger partial charge >= 0.3 is 6.03 Å². The fourth-order valence-electron chi connectivity index (χ4n) is 1.61. The molecule has 0 spiro atoms. The average molecular weight is 278 g/mol. The first-order valence-electron chi connectivity index (χ1n) is 6.36. The number of urea groups is 1. The van der Waals surface area contributed by atoms with Gasteiger partial charge in [0.05, 0.1) is 11.8 Å². The number of carbonyl (C=O) groups excluding carboxylic acids is 1. The Kier molecular flexibility index (Phi) is 4.41. The van der Waals surface area contributed by atoms with Crippen molar-refractivity contribution in [2.45, 2.75) is 13.8 Å². The van der Waals surface area contributed by atoms with Crippen molar-refractivity contribution in [3.63, 3.8) is 0 Å². The summed E-state index contributed by atoms with van der Waals surface area (Å²) in [7, 11) is 0. The van der Waals surface area contributed by atoms with Crippen LogP contribution in [0.1, 0.15) is 12.7 Å². The predicted octanol–water partition coefficient (Wildman–Crippen LogP) is 1.96. The zero-order chi connectivity index (χ0) is 14.5. The molecule has 2 aromatic heterocycles. The van der Waals surface area contributed by atoms with Gasteiger partial charge < -0.3 is 20.0 Å². The topological polar surface area (TPSA) is 106 Å². The van der Waals surface area contributed by atoms with Gasteiger partial charge in [-0.3, -0.25) is 5.32 Å². The molecule has 2 heterocycles. The van der Waals surface area contributed by atoms with Crippen LogP contribution in [-0.2, 0) is 0 Å². The van der Waals surface area contributed by atoms with Crippen molar-refractivity contribution in [2.75, 3.05) is 18.4 Å². The molecule has 2 amide bonds. The first kappa shape index (κ1) is 14.1. The Bertz CT molecular complexity index is 576. The number of nitrogens with one attached hydrogen (secondary N) is 2. The van der Waals surface area contributed by atoms with Gasteiger partial charge in [-0.15, -0.1) is 0 Å². The van der Waals surface area contributed by atoms with Gasteiger partial charge in [0.1, 0.15) is 5.76 Å². The summed E-state index contributed by atoms with van der Waals surface area (Å²) in [6, 6.07) is 3.08. The number of hydrogen-bond donors (Lipinski definition) is 3. The molecule has 2 rings (SSSR count). The van der Waals surface area contributed by atoms with Crippen molar-refractivity contribution in [2.24, 2.45) is 11.7 Å². The van der Waals surface area contributed by atoms with Crippen LogP contribution in [0.15, 0.2) is 27.3 Å². The highest BCUT2D eigenvalue weighted by Gasteiger charge is 2.13. The third-order valence-electron chi connectivity index (χ3n) is 2.89. The van der Waals surface area contributed by atoms with Crippen LogP contribution in [0, 0.1) is 12.8 Å². The molecular weight excluding hydrogens is 260 g/mol. The van der Waals surface area contributed by atoms with E-state index in [-0.39, 0.29) is 11.9 Å². The van der Waals surface area contributed by atoms with Crippen LogP contribution in [-0.4, -0.2) is 24.3 Å². The second-order valence-electron chi connectivity index (χ2n) is 4.64. The molecular formula is C13H18N4O3. The summed E-state index contributed by atoms with van der Waals surface area (Å²) in [5.74, 6) is 1.84. The predicted molar refractivity (Wildman–Crippen MR) is 74.2 cm³/mol. The molecule has 0 aliphatic rings. The van der Waals surface area contributed by atoms with Crippen molar-refractivity contribution in [3.8, 4) is 11.3 Å². The van der Waals surface area contributed by atoms with Crippen LogP contribution < -0.4 is 16.4 Å². The Morgan fingerprint density at radius 1 is 1.55 bits per heavy atom. The number of aryl methyl sites for hydroxylation is 1. The number of carbonyl (C=O) groups is 1. The molecule has 0 radical (unpaired) electrons. The Balaban J connectivity index is 1.93. The van der Waals surface area contributed by atoms with Gasteiger partial charge in [0, 0.05) is 12.6 Å². The van der Waals surface area contributed by atoms with Gasteiger partial charge in [-0.05, 0) is 25.5 Å². The summed E-state index contributed by atoms with van der Waals surface area (Å²) in [5.41, 5.74) is 6.28. The van der Waals surface area contributed by atoms with E-state index in [1.165, 1.54) is 0 Å². The second kappa shape index (κ2) is 6.25. The number of aromatic nitrogens is 1. The molecule has 1 unspecified atom stereocenters. The maximum Gasteiger partial charge on any atom is 0.320 e. The van der Waals surface area contributed by atoms with Crippen LogP contribution in [0.25, 0.3) is 11.3 Å². The van der Waals surface area contributed by atoms with E-state index in [1.807, 2.05) is 13.8 Å². The van der Waals surface area contributed by atoms with E-state index in [0.717, 1.165) is 11.3 Å². The maximum absolute atomic E-state index is 11.6. The second-order valence-corrected chi connectivity index (χ2v) is 4.64. The van der Waals surface area contributed by atoms with Crippen LogP contribution in [0.4, 0.5) is 10.6 Å². The molecule has 0 bridgehead atoms. The minimum Gasteiger partial charge on any atom is -0.469 e. The Labute approximate surface area is 116 Å². The summed E-state index contributed by atoms with van der Waals surface area (Å²) >= 11 is 0. The molecule has 20 heavy (non-hydrogen) atoms. The number of nitrogens with zero attached hydrogens (tertiary/aromatic N) is 1. The Morgan fingerprint density at radius 3 is 3.00 bits per heavy atom. The minimum atomic E-state index is -0.339. The first-order chi connectivity index (χ1) is 9.60. The molecule has 0 aromatic carbocycles. The number of amides is 2. The lowest BCUT2D eigenvalue weighted by Crippen LogP contribution is -2.34. The van der Waals surface area contributed by atoms with E-state index in [0.29, 0.717) is 24.7 Å². The summed E-state index contributed by atoms with van der Waals surface area (Å²) < 4.78 is 10.4. The smallest absolute Gasteiger partial charge is 0.320 e. The normalized spacial score (nSPS) is 12.2. The number of furan rings is 1. The summed E-state index contributed by atoms with van der Waals surface area (Å²) in [6.45, 7) is 4.81. The van der Waals surface area contributed by atoms with E-state index in [4.69, 9.17) is 14.7 Å². The van der Waals surface area contributed by atoms with Gasteiger partial charge in [-0.25, -0.2) is 4.79 Å². The first-order valence-corrected chi connectivity index (χ1v) is 6.36. The van der Waals surface area contributed by atoms with Crippen LogP contribution in [0.2, 0.25) is 0 Å². The molecule has 108 valence electrons. The van der Waals surface area contributed by atoms with E-state index < -0.39 is 0 Å². The lowest BCUT2D eigenvalue weighted by Gasteiger charge is -2.09. The largest absolute Gasteiger partial charge is 0.469 e. The van der Waals surface area contributed by atoms with Crippen molar-refractivity contribution in [1.29, 1.82) is 0 Å². The van der Waals surface area contributed by atoms with Crippen LogP contribution in [0.5, 0.6) is 0 Å². The average Bonchev–Trinajstić information content (AvgIpc) is 3.04. The van der Waals surface area contributed by atoms with Crippen molar-refractivity contribution in [3.05, 3.63) is 24.2 Å². The molecule has 4 N–H and O–H groups in total. The van der Waals surface area contributed by atoms with Crippen molar-refractivity contribution < 1.29 is 13.7 Å². The molecule has 0 saturated carbocycles. The van der Waals surface area contributed by atoms with E-state index in [2.05, 4.69) is 15.8 Å². The number of anilines is 1. The van der Waals surface area contributed by atoms with Crippen LogP contribution >= 0.6 is 0 Å². The van der Waals surface area contributed by atoms with E-state index >= 15 is 0 Å². The SMILES string of the molecule is Cc1occc1-c1cc(NC(=O)NCC(C)CN)no1. The summed E-state index contributed by atoms with van der Waals surface area (Å²) in [6.07, 6.45) is 1.57. The zero-order valence-corrected chi connectivity index (χ0v) is 11.5. The van der Waals surface area contributed by atoms with Gasteiger partial charge in [0.2, 0.25) is 0 Å². The Hall–Kier alpha value is -2.28. The maximum atomic E-state index is 11.6. The van der Waals surface area contributed by atoms with Crippen molar-refractivity contribution >= 4 is 11.8 Å². The quantitative estimate of drug-likeness (QED) is 0.775. The highest BCUT2D eigenvalue weighted by molar-refractivity contribution is 5.88. The number of rotatable bonds is 5. The summed E-state index contributed by atoms with van der Waals surface area (Å²) in [5, 5.41) is 9.09. The van der Waals surface area contributed by atoms with Gasteiger partial charge in [-0.2, -0.15) is 0 Å². The number of nitrogens with two attached hydrogens (primary N) is 1. The Morgan fingerprint density at radius 2 is 2.35 bits per heavy atom. The number of hydrogen-bond acceptors (Lipinski definition) is 5. The lowest BCUT2D eigenvalue weighted by atomic mass is 10.2. The molecule has 0 fully saturated rings. The van der Waals surface area contributed by atoms with Gasteiger partial charge in [0.25, 0.3) is 0 Å². The zero-order valence-electron chi connectivity index (χ0n) is 11.5. The molecule has 0 saturated heterocycles. The standard InChI is InChI=1S/C13H18N4O3/c1-8(6-14)7-15-13(18)16-12-5-11(20-17-12)10-3-4-19-9(10)2/h3-5,8H,6-7,14H2,1-2H3,(H2,15,16,17,18). The van der Waals surface area contributed by atoms with Crippen molar-refractivity contribution in [1.82, 2.24) is 10.5 Å². The molecule has 7 nitrogen and oxygen atoms in total. The highest BCUT2D eigenvalue weighted by atomic mass is 16.5. The molecule has 0 aliphatic carbocycles. The lowest BCUT2D eigenvalue weighted by molar-refractivity contribution is 0.250. The van der Waals surface area contributed by atoms with E-state index in [1.54, 1.807) is 18.4 Å². The monoisotopic (exact) mass is 278 g/mol. The highest BCUT2D eigenvalue weighted by Crippen LogP contribution is 2.26. The fraction of sp³-hybridized carbons (Fsp3) is 0.385. The molecule has 1 atom stereocenters. The van der Waals surface area contributed by atoms with Gasteiger partial charge in [-0.1, -0.05) is 12.1 Å². The fourth-order valence-corrected chi connectivity index (χ4v) is 1.61. The molecule has 0 aliphatic heterocycles. The summed E-state index contributed by atoms with van der Waals surface area (Å²) in [4.78, 5) is 11.6. The molecule has 2 aromatic rings. The third-order valence-corrected chi connectivity index (χ3v) is 2.89. The minimum absolute atomic E-state index is 0.224. The third kappa shape index (κ3) is 3.39. The molecule has 7 heteroatoms. The van der Waals surface area contributed by atoms with Gasteiger partial charge in [0.15, 0.2) is 11.6 Å². The van der Waals surface area contributed by atoms with E-state index in [9.17, 15) is 4.79 Å².